The second kappa shape index (κ2) is 8.82. The van der Waals surface area contributed by atoms with Crippen LogP contribution in [0.3, 0.4) is 0 Å². The van der Waals surface area contributed by atoms with E-state index in [1.54, 1.807) is 18.2 Å². The lowest BCUT2D eigenvalue weighted by Crippen LogP contribution is -2.51. The molecule has 0 bridgehead atoms. The van der Waals surface area contributed by atoms with Gasteiger partial charge in [-0.3, -0.25) is 9.10 Å². The summed E-state index contributed by atoms with van der Waals surface area (Å²) in [5.74, 6) is 0.465. The highest BCUT2D eigenvalue weighted by Gasteiger charge is 2.33. The molecule has 0 aromatic heterocycles. The SMILES string of the molecule is O=C(NCC1CCCN2CCCCC12)c1ccc(N2CCCCS2(=O)=O)cc1Cl. The summed E-state index contributed by atoms with van der Waals surface area (Å²) in [6.45, 7) is 3.49. The Morgan fingerprint density at radius 3 is 2.66 bits per heavy atom. The van der Waals surface area contributed by atoms with Gasteiger partial charge in [0.25, 0.3) is 5.91 Å². The molecule has 1 aromatic carbocycles. The minimum Gasteiger partial charge on any atom is -0.352 e. The minimum absolute atomic E-state index is 0.159. The van der Waals surface area contributed by atoms with Crippen LogP contribution < -0.4 is 9.62 Å². The predicted molar refractivity (Wildman–Crippen MR) is 116 cm³/mol. The fourth-order valence-corrected chi connectivity index (χ4v) is 6.95. The molecule has 0 radical (unpaired) electrons. The number of fused-ring (bicyclic) bond motifs is 1. The molecule has 8 heteroatoms. The highest BCUT2D eigenvalue weighted by Crippen LogP contribution is 2.31. The van der Waals surface area contributed by atoms with Gasteiger partial charge < -0.3 is 10.2 Å². The minimum atomic E-state index is -3.29. The zero-order valence-electron chi connectivity index (χ0n) is 16.8. The van der Waals surface area contributed by atoms with Gasteiger partial charge in [0, 0.05) is 19.1 Å². The van der Waals surface area contributed by atoms with E-state index in [1.807, 2.05) is 0 Å². The first-order chi connectivity index (χ1) is 14.0. The number of benzene rings is 1. The molecule has 6 nitrogen and oxygen atoms in total. The van der Waals surface area contributed by atoms with Crippen molar-refractivity contribution >= 4 is 33.2 Å². The number of anilines is 1. The van der Waals surface area contributed by atoms with E-state index in [0.29, 0.717) is 47.7 Å². The molecule has 3 aliphatic rings. The fourth-order valence-electron chi connectivity index (χ4n) is 5.06. The number of carbonyl (C=O) groups excluding carboxylic acids is 1. The average Bonchev–Trinajstić information content (AvgIpc) is 2.71. The number of nitrogens with zero attached hydrogens (tertiary/aromatic N) is 2. The topological polar surface area (TPSA) is 69.7 Å². The Hall–Kier alpha value is -1.31. The van der Waals surface area contributed by atoms with Gasteiger partial charge in [0.05, 0.1) is 22.0 Å². The van der Waals surface area contributed by atoms with Gasteiger partial charge in [0.1, 0.15) is 0 Å². The summed E-state index contributed by atoms with van der Waals surface area (Å²) in [6, 6.07) is 5.51. The Morgan fingerprint density at radius 2 is 1.86 bits per heavy atom. The van der Waals surface area contributed by atoms with Crippen molar-refractivity contribution in [1.82, 2.24) is 10.2 Å². The number of sulfonamides is 1. The van der Waals surface area contributed by atoms with E-state index in [-0.39, 0.29) is 11.7 Å². The third-order valence-electron chi connectivity index (χ3n) is 6.59. The summed E-state index contributed by atoms with van der Waals surface area (Å²) < 4.78 is 26.0. The largest absolute Gasteiger partial charge is 0.352 e. The Morgan fingerprint density at radius 1 is 1.07 bits per heavy atom. The number of amides is 1. The summed E-state index contributed by atoms with van der Waals surface area (Å²) in [6.07, 6.45) is 7.64. The number of hydrogen-bond acceptors (Lipinski definition) is 4. The maximum Gasteiger partial charge on any atom is 0.252 e. The molecule has 3 aliphatic heterocycles. The van der Waals surface area contributed by atoms with E-state index in [4.69, 9.17) is 11.6 Å². The van der Waals surface area contributed by atoms with Crippen molar-refractivity contribution in [1.29, 1.82) is 0 Å². The Balaban J connectivity index is 1.41. The van der Waals surface area contributed by atoms with Crippen LogP contribution in [-0.4, -0.2) is 57.2 Å². The lowest BCUT2D eigenvalue weighted by Gasteiger charge is -2.44. The number of rotatable bonds is 4. The van der Waals surface area contributed by atoms with Crippen molar-refractivity contribution in [2.75, 3.05) is 36.2 Å². The molecule has 2 atom stereocenters. The van der Waals surface area contributed by atoms with Crippen LogP contribution in [0.4, 0.5) is 5.69 Å². The lowest BCUT2D eigenvalue weighted by atomic mass is 9.83. The van der Waals surface area contributed by atoms with Crippen molar-refractivity contribution in [2.24, 2.45) is 5.92 Å². The molecule has 0 saturated carbocycles. The van der Waals surface area contributed by atoms with Crippen molar-refractivity contribution in [3.8, 4) is 0 Å². The molecular formula is C21H30ClN3O3S. The van der Waals surface area contributed by atoms with Crippen LogP contribution in [0.25, 0.3) is 0 Å². The van der Waals surface area contributed by atoms with Crippen LogP contribution in [0.2, 0.25) is 5.02 Å². The summed E-state index contributed by atoms with van der Waals surface area (Å²) in [7, 11) is -3.29. The maximum absolute atomic E-state index is 12.7. The van der Waals surface area contributed by atoms with Gasteiger partial charge in [0.15, 0.2) is 0 Å². The zero-order chi connectivity index (χ0) is 20.4. The molecule has 4 rings (SSSR count). The monoisotopic (exact) mass is 439 g/mol. The number of nitrogens with one attached hydrogen (secondary N) is 1. The Labute approximate surface area is 178 Å². The van der Waals surface area contributed by atoms with Gasteiger partial charge in [-0.05, 0) is 75.7 Å². The van der Waals surface area contributed by atoms with E-state index in [1.165, 1.54) is 43.1 Å². The summed E-state index contributed by atoms with van der Waals surface area (Å²) in [5, 5.41) is 3.37. The standard InChI is InChI=1S/C21H30ClN3O3S/c22-19-14-17(25-12-3-4-13-29(25,27)28)8-9-18(19)21(26)23-15-16-6-5-11-24-10-2-1-7-20(16)24/h8-9,14,16,20H,1-7,10-13,15H2,(H,23,26). The van der Waals surface area contributed by atoms with Gasteiger partial charge >= 0.3 is 0 Å². The van der Waals surface area contributed by atoms with Crippen molar-refractivity contribution < 1.29 is 13.2 Å². The molecule has 0 aliphatic carbocycles. The molecule has 1 N–H and O–H groups in total. The van der Waals surface area contributed by atoms with Gasteiger partial charge in [-0.1, -0.05) is 18.0 Å². The highest BCUT2D eigenvalue weighted by molar-refractivity contribution is 7.92. The van der Waals surface area contributed by atoms with Crippen LogP contribution in [0.5, 0.6) is 0 Å². The normalized spacial score (nSPS) is 27.3. The fraction of sp³-hybridized carbons (Fsp3) is 0.667. The number of carbonyl (C=O) groups is 1. The van der Waals surface area contributed by atoms with Crippen molar-refractivity contribution in [3.63, 3.8) is 0 Å². The summed E-state index contributed by atoms with van der Waals surface area (Å²) in [4.78, 5) is 15.3. The molecule has 29 heavy (non-hydrogen) atoms. The van der Waals surface area contributed by atoms with Gasteiger partial charge in [-0.2, -0.15) is 0 Å². The molecular weight excluding hydrogens is 410 g/mol. The zero-order valence-corrected chi connectivity index (χ0v) is 18.3. The molecule has 3 fully saturated rings. The molecule has 3 heterocycles. The lowest BCUT2D eigenvalue weighted by molar-refractivity contribution is 0.0575. The van der Waals surface area contributed by atoms with Gasteiger partial charge in [-0.15, -0.1) is 0 Å². The van der Waals surface area contributed by atoms with Crippen molar-refractivity contribution in [3.05, 3.63) is 28.8 Å². The Bertz CT molecular complexity index is 859. The van der Waals surface area contributed by atoms with E-state index < -0.39 is 10.0 Å². The third-order valence-corrected chi connectivity index (χ3v) is 8.77. The number of halogens is 1. The maximum atomic E-state index is 12.7. The first-order valence-electron chi connectivity index (χ1n) is 10.8. The molecule has 0 spiro atoms. The van der Waals surface area contributed by atoms with E-state index >= 15 is 0 Å². The second-order valence-electron chi connectivity index (χ2n) is 8.47. The highest BCUT2D eigenvalue weighted by atomic mass is 35.5. The van der Waals surface area contributed by atoms with Gasteiger partial charge in [-0.25, -0.2) is 8.42 Å². The van der Waals surface area contributed by atoms with Crippen LogP contribution >= 0.6 is 11.6 Å². The van der Waals surface area contributed by atoms with E-state index in [9.17, 15) is 13.2 Å². The number of piperidine rings is 2. The van der Waals surface area contributed by atoms with Crippen LogP contribution in [-0.2, 0) is 10.0 Å². The van der Waals surface area contributed by atoms with E-state index in [0.717, 1.165) is 12.8 Å². The average molecular weight is 440 g/mol. The summed E-state index contributed by atoms with van der Waals surface area (Å²) in [5.41, 5.74) is 0.942. The van der Waals surface area contributed by atoms with Crippen LogP contribution in [0, 0.1) is 5.92 Å². The molecule has 3 saturated heterocycles. The second-order valence-corrected chi connectivity index (χ2v) is 10.9. The molecule has 1 aromatic rings. The van der Waals surface area contributed by atoms with Gasteiger partial charge in [0.2, 0.25) is 10.0 Å². The first kappa shape index (κ1) is 20.9. The first-order valence-corrected chi connectivity index (χ1v) is 12.8. The smallest absolute Gasteiger partial charge is 0.252 e. The Kier molecular flexibility index (Phi) is 6.37. The summed E-state index contributed by atoms with van der Waals surface area (Å²) >= 11 is 6.38. The van der Waals surface area contributed by atoms with Crippen molar-refractivity contribution in [2.45, 2.75) is 51.0 Å². The van der Waals surface area contributed by atoms with Crippen LogP contribution in [0.15, 0.2) is 18.2 Å². The molecule has 1 amide bonds. The molecule has 2 unspecified atom stereocenters. The molecule has 160 valence electrons. The van der Waals surface area contributed by atoms with Crippen LogP contribution in [0.1, 0.15) is 55.3 Å². The predicted octanol–water partition coefficient (Wildman–Crippen LogP) is 3.26. The quantitative estimate of drug-likeness (QED) is 0.781. The van der Waals surface area contributed by atoms with E-state index in [2.05, 4.69) is 10.2 Å². The number of hydrogen-bond donors (Lipinski definition) is 1. The third kappa shape index (κ3) is 4.57.